The summed E-state index contributed by atoms with van der Waals surface area (Å²) in [5.74, 6) is 0.399. The summed E-state index contributed by atoms with van der Waals surface area (Å²) in [4.78, 5) is 0. The fourth-order valence-electron chi connectivity index (χ4n) is 6.08. The monoisotopic (exact) mass is 513 g/mol. The van der Waals surface area contributed by atoms with E-state index in [2.05, 4.69) is 162 Å². The van der Waals surface area contributed by atoms with Crippen molar-refractivity contribution in [2.24, 2.45) is 0 Å². The number of hydrogen-bond acceptors (Lipinski definition) is 0. The zero-order valence-electron chi connectivity index (χ0n) is 22.4. The van der Waals surface area contributed by atoms with Crippen LogP contribution in [0.1, 0.15) is 29.0 Å². The molecule has 7 rings (SSSR count). The molecule has 0 bridgehead atoms. The number of aryl methyl sites for hydroxylation is 1. The Morgan fingerprint density at radius 1 is 0.425 bits per heavy atom. The van der Waals surface area contributed by atoms with Gasteiger partial charge in [0.25, 0.3) is 0 Å². The van der Waals surface area contributed by atoms with Crippen molar-refractivity contribution >= 4 is 21.8 Å². The molecule has 6 aromatic carbocycles. The lowest BCUT2D eigenvalue weighted by molar-refractivity contribution is 0.715. The normalized spacial score (nSPS) is 11.4. The van der Waals surface area contributed by atoms with Crippen LogP contribution in [0.5, 0.6) is 0 Å². The summed E-state index contributed by atoms with van der Waals surface area (Å²) >= 11 is 0. The molecule has 1 aromatic heterocycles. The number of benzene rings is 6. The standard InChI is InChI=1S/C39H31N/c1-3-11-32(12-4-1)35(33-13-5-2-6-14-33)28-21-29-19-22-30(23-20-29)31-24-26-34(27-25-31)40-38-17-9-7-15-36(38)37-16-8-10-18-39(37)40/h1-20,22-27,35H,21,28H2. The van der Waals surface area contributed by atoms with E-state index in [4.69, 9.17) is 0 Å². The van der Waals surface area contributed by atoms with E-state index in [1.165, 1.54) is 55.3 Å². The molecule has 0 spiro atoms. The lowest BCUT2D eigenvalue weighted by Crippen LogP contribution is -2.03. The number of aromatic nitrogens is 1. The molecule has 192 valence electrons. The Bertz CT molecular complexity index is 1770. The van der Waals surface area contributed by atoms with Gasteiger partial charge in [0, 0.05) is 22.4 Å². The Hall–Kier alpha value is -4.88. The third-order valence-corrected chi connectivity index (χ3v) is 8.12. The van der Waals surface area contributed by atoms with E-state index in [1.807, 2.05) is 0 Å². The molecule has 0 N–H and O–H groups in total. The number of hydrogen-bond donors (Lipinski definition) is 0. The van der Waals surface area contributed by atoms with Crippen molar-refractivity contribution in [3.63, 3.8) is 0 Å². The molecule has 0 atom stereocenters. The fraction of sp³-hybridized carbons (Fsp3) is 0.0769. The van der Waals surface area contributed by atoms with Gasteiger partial charge in [0.15, 0.2) is 0 Å². The van der Waals surface area contributed by atoms with Crippen LogP contribution in [-0.4, -0.2) is 4.57 Å². The molecule has 1 nitrogen and oxygen atoms in total. The molecule has 0 saturated heterocycles. The van der Waals surface area contributed by atoms with Crippen LogP contribution in [0.4, 0.5) is 0 Å². The number of para-hydroxylation sites is 2. The summed E-state index contributed by atoms with van der Waals surface area (Å²) in [6.45, 7) is 0. The summed E-state index contributed by atoms with van der Waals surface area (Å²) in [6, 6.07) is 57.2. The average molecular weight is 514 g/mol. The molecule has 0 aliphatic carbocycles. The van der Waals surface area contributed by atoms with Crippen molar-refractivity contribution in [3.8, 4) is 16.8 Å². The molecule has 0 saturated carbocycles. The second-order valence-corrected chi connectivity index (χ2v) is 10.5. The molecule has 1 heteroatoms. The summed E-state index contributed by atoms with van der Waals surface area (Å²) in [6.07, 6.45) is 2.13. The van der Waals surface area contributed by atoms with E-state index in [1.54, 1.807) is 0 Å². The van der Waals surface area contributed by atoms with Gasteiger partial charge in [0.1, 0.15) is 0 Å². The third kappa shape index (κ3) is 4.61. The van der Waals surface area contributed by atoms with Gasteiger partial charge < -0.3 is 4.57 Å². The van der Waals surface area contributed by atoms with Gasteiger partial charge in [-0.3, -0.25) is 0 Å². The van der Waals surface area contributed by atoms with Gasteiger partial charge in [-0.1, -0.05) is 133 Å². The molecule has 0 fully saturated rings. The Labute approximate surface area is 236 Å². The number of rotatable bonds is 7. The number of nitrogens with zero attached hydrogens (tertiary/aromatic N) is 1. The summed E-state index contributed by atoms with van der Waals surface area (Å²) in [5, 5.41) is 2.58. The van der Waals surface area contributed by atoms with Gasteiger partial charge in [-0.15, -0.1) is 0 Å². The van der Waals surface area contributed by atoms with Crippen molar-refractivity contribution in [2.75, 3.05) is 0 Å². The molecule has 0 unspecified atom stereocenters. The zero-order valence-corrected chi connectivity index (χ0v) is 22.4. The molecule has 7 aromatic rings. The number of fused-ring (bicyclic) bond motifs is 3. The average Bonchev–Trinajstić information content (AvgIpc) is 3.37. The molecule has 1 heterocycles. The SMILES string of the molecule is c1ccc(C(CCc2ccc(-c3ccc(-n4c5ccccc5c5ccccc54)cc3)cc2)c2ccccc2)cc1. The van der Waals surface area contributed by atoms with Crippen molar-refractivity contribution in [2.45, 2.75) is 18.8 Å². The van der Waals surface area contributed by atoms with Crippen LogP contribution >= 0.6 is 0 Å². The highest BCUT2D eigenvalue weighted by atomic mass is 15.0. The summed E-state index contributed by atoms with van der Waals surface area (Å²) in [7, 11) is 0. The molecule has 0 aliphatic rings. The van der Waals surface area contributed by atoms with E-state index in [9.17, 15) is 0 Å². The van der Waals surface area contributed by atoms with Crippen molar-refractivity contribution in [3.05, 3.63) is 174 Å². The quantitative estimate of drug-likeness (QED) is 0.200. The lowest BCUT2D eigenvalue weighted by atomic mass is 9.86. The highest BCUT2D eigenvalue weighted by Crippen LogP contribution is 2.33. The van der Waals surface area contributed by atoms with Gasteiger partial charge in [0.05, 0.1) is 11.0 Å². The smallest absolute Gasteiger partial charge is 0.0541 e. The highest BCUT2D eigenvalue weighted by Gasteiger charge is 2.14. The molecule has 0 amide bonds. The van der Waals surface area contributed by atoms with Crippen LogP contribution in [0.2, 0.25) is 0 Å². The molecular weight excluding hydrogens is 482 g/mol. The van der Waals surface area contributed by atoms with E-state index >= 15 is 0 Å². The summed E-state index contributed by atoms with van der Waals surface area (Å²) in [5.41, 5.74) is 10.3. The van der Waals surface area contributed by atoms with Gasteiger partial charge in [-0.25, -0.2) is 0 Å². The van der Waals surface area contributed by atoms with Gasteiger partial charge >= 0.3 is 0 Å². The van der Waals surface area contributed by atoms with E-state index in [0.29, 0.717) is 5.92 Å². The molecule has 0 aliphatic heterocycles. The highest BCUT2D eigenvalue weighted by molar-refractivity contribution is 6.09. The predicted octanol–water partition coefficient (Wildman–Crippen LogP) is 10.2. The first-order chi connectivity index (χ1) is 19.8. The summed E-state index contributed by atoms with van der Waals surface area (Å²) < 4.78 is 2.37. The van der Waals surface area contributed by atoms with Crippen LogP contribution < -0.4 is 0 Å². The van der Waals surface area contributed by atoms with Crippen LogP contribution in [0, 0.1) is 0 Å². The molecule has 0 radical (unpaired) electrons. The minimum atomic E-state index is 0.399. The largest absolute Gasteiger partial charge is 0.309 e. The second kappa shape index (κ2) is 10.7. The Morgan fingerprint density at radius 2 is 0.875 bits per heavy atom. The van der Waals surface area contributed by atoms with Crippen molar-refractivity contribution in [1.82, 2.24) is 4.57 Å². The first kappa shape index (κ1) is 24.2. The first-order valence-electron chi connectivity index (χ1n) is 14.1. The van der Waals surface area contributed by atoms with Gasteiger partial charge in [-0.05, 0) is 64.9 Å². The van der Waals surface area contributed by atoms with Crippen molar-refractivity contribution in [1.29, 1.82) is 0 Å². The zero-order chi connectivity index (χ0) is 26.7. The van der Waals surface area contributed by atoms with Crippen molar-refractivity contribution < 1.29 is 0 Å². The second-order valence-electron chi connectivity index (χ2n) is 10.5. The van der Waals surface area contributed by atoms with Crippen LogP contribution in [0.3, 0.4) is 0 Å². The predicted molar refractivity (Wildman–Crippen MR) is 169 cm³/mol. The Balaban J connectivity index is 1.12. The van der Waals surface area contributed by atoms with E-state index < -0.39 is 0 Å². The lowest BCUT2D eigenvalue weighted by Gasteiger charge is -2.18. The Kier molecular flexibility index (Phi) is 6.47. The topological polar surface area (TPSA) is 4.93 Å². The maximum atomic E-state index is 2.37. The Morgan fingerprint density at radius 3 is 1.40 bits per heavy atom. The maximum absolute atomic E-state index is 2.37. The molecular formula is C39H31N. The van der Waals surface area contributed by atoms with Gasteiger partial charge in [0.2, 0.25) is 0 Å². The minimum Gasteiger partial charge on any atom is -0.309 e. The van der Waals surface area contributed by atoms with E-state index in [0.717, 1.165) is 12.8 Å². The first-order valence-corrected chi connectivity index (χ1v) is 14.1. The molecule has 40 heavy (non-hydrogen) atoms. The fourth-order valence-corrected chi connectivity index (χ4v) is 6.08. The maximum Gasteiger partial charge on any atom is 0.0541 e. The van der Waals surface area contributed by atoms with E-state index in [-0.39, 0.29) is 0 Å². The van der Waals surface area contributed by atoms with Gasteiger partial charge in [-0.2, -0.15) is 0 Å². The third-order valence-electron chi connectivity index (χ3n) is 8.12. The van der Waals surface area contributed by atoms with Crippen LogP contribution in [0.25, 0.3) is 38.6 Å². The minimum absolute atomic E-state index is 0.399. The van der Waals surface area contributed by atoms with Crippen LogP contribution in [-0.2, 0) is 6.42 Å². The van der Waals surface area contributed by atoms with Crippen LogP contribution in [0.15, 0.2) is 158 Å².